The summed E-state index contributed by atoms with van der Waals surface area (Å²) in [6, 6.07) is 0. The molecule has 0 saturated carbocycles. The van der Waals surface area contributed by atoms with Gasteiger partial charge in [-0.15, -0.1) is 0 Å². The van der Waals surface area contributed by atoms with Gasteiger partial charge in [0.15, 0.2) is 0 Å². The summed E-state index contributed by atoms with van der Waals surface area (Å²) >= 11 is 0. The van der Waals surface area contributed by atoms with Crippen molar-refractivity contribution < 1.29 is 6.22 Å². The molecule has 0 aliphatic carbocycles. The second-order valence-electron chi connectivity index (χ2n) is 2.98. The third-order valence-electron chi connectivity index (χ3n) is 1.69. The summed E-state index contributed by atoms with van der Waals surface area (Å²) in [5.74, 6) is -0.173. The number of hydrogen-bond acceptors (Lipinski definition) is 1. The van der Waals surface area contributed by atoms with Crippen LogP contribution < -0.4 is 5.32 Å². The first kappa shape index (κ1) is 12.4. The maximum absolute atomic E-state index is 11.2. The van der Waals surface area contributed by atoms with E-state index in [1.165, 1.54) is 0 Å². The van der Waals surface area contributed by atoms with Gasteiger partial charge in [0.25, 0.3) is 0 Å². The van der Waals surface area contributed by atoms with Gasteiger partial charge in [0.1, 0.15) is 0 Å². The Morgan fingerprint density at radius 3 is 2.36 bits per heavy atom. The Morgan fingerprint density at radius 2 is 2.00 bits per heavy atom. The predicted octanol–water partition coefficient (Wildman–Crippen LogP) is 2.61. The molecule has 0 aromatic carbocycles. The van der Waals surface area contributed by atoms with Gasteiger partial charge in [-0.05, 0) is 25.5 Å². The molecule has 0 radical (unpaired) electrons. The van der Waals surface area contributed by atoms with Gasteiger partial charge >= 0.3 is 0 Å². The Balaban J connectivity index is 0. The number of carbonyl (C=O) groups excluding carboxylic acids is 1. The van der Waals surface area contributed by atoms with Gasteiger partial charge in [-0.1, -0.05) is 30.9 Å². The fourth-order valence-corrected chi connectivity index (χ4v) is 0.907. The van der Waals surface area contributed by atoms with Crippen LogP contribution in [-0.2, 0) is 4.79 Å². The zero-order valence-corrected chi connectivity index (χ0v) is 9.05. The maximum Gasteiger partial charge on any atom is 0.250 e. The van der Waals surface area contributed by atoms with Crippen LogP contribution in [0.2, 0.25) is 0 Å². The lowest BCUT2D eigenvalue weighted by molar-refractivity contribution is -0.116. The van der Waals surface area contributed by atoms with E-state index in [9.17, 15) is 4.79 Å². The van der Waals surface area contributed by atoms with Crippen molar-refractivity contribution in [2.75, 3.05) is 7.05 Å². The predicted molar refractivity (Wildman–Crippen MR) is 63.0 cm³/mol. The van der Waals surface area contributed by atoms with Crippen molar-refractivity contribution in [2.24, 2.45) is 0 Å². The number of rotatable bonds is 4. The van der Waals surface area contributed by atoms with Crippen molar-refractivity contribution in [1.29, 1.82) is 0 Å². The number of allylic oxidation sites excluding steroid dienone is 4. The van der Waals surface area contributed by atoms with Crippen LogP contribution in [0.3, 0.4) is 0 Å². The van der Waals surface area contributed by atoms with Crippen LogP contribution in [0.5, 0.6) is 0 Å². The highest BCUT2D eigenvalue weighted by atomic mass is 16.1. The molecule has 0 aromatic rings. The molecule has 14 heavy (non-hydrogen) atoms. The molecule has 0 rings (SSSR count). The molecule has 0 spiro atoms. The molecular formula is C12H19NO. The summed E-state index contributed by atoms with van der Waals surface area (Å²) < 4.78 is 0. The molecule has 2 nitrogen and oxygen atoms in total. The van der Waals surface area contributed by atoms with Gasteiger partial charge in [-0.3, -0.25) is 4.79 Å². The molecule has 78 valence electrons. The van der Waals surface area contributed by atoms with Crippen LogP contribution in [0.25, 0.3) is 0 Å². The average Bonchev–Trinajstić information content (AvgIpc) is 2.15. The molecule has 0 unspecified atom stereocenters. The quantitative estimate of drug-likeness (QED) is 0.539. The van der Waals surface area contributed by atoms with Crippen LogP contribution >= 0.6 is 0 Å². The first-order chi connectivity index (χ1) is 6.52. The summed E-state index contributed by atoms with van der Waals surface area (Å²) in [7, 11) is 1.58. The van der Waals surface area contributed by atoms with Crippen LogP contribution in [0.1, 0.15) is 15.3 Å². The molecule has 0 atom stereocenters. The monoisotopic (exact) mass is 193 g/mol. The van der Waals surface area contributed by atoms with Crippen molar-refractivity contribution >= 4 is 5.91 Å². The average molecular weight is 193 g/mol. The smallest absolute Gasteiger partial charge is 0.250 e. The topological polar surface area (TPSA) is 29.1 Å². The first-order valence-electron chi connectivity index (χ1n) is 4.44. The Bertz CT molecular complexity index is 314. The summed E-state index contributed by atoms with van der Waals surface area (Å²) in [6.07, 6.45) is 5.52. The molecule has 2 heteroatoms. The number of nitrogens with one attached hydrogen (secondary N) is 1. The van der Waals surface area contributed by atoms with Crippen molar-refractivity contribution in [3.05, 3.63) is 48.1 Å². The lowest BCUT2D eigenvalue weighted by Crippen LogP contribution is -2.18. The lowest BCUT2D eigenvalue weighted by atomic mass is 10.1. The van der Waals surface area contributed by atoms with Crippen LogP contribution in [0.4, 0.5) is 0 Å². The van der Waals surface area contributed by atoms with Gasteiger partial charge in [0, 0.05) is 14.0 Å². The molecule has 0 saturated heterocycles. The lowest BCUT2D eigenvalue weighted by Gasteiger charge is -2.02. The minimum Gasteiger partial charge on any atom is -0.355 e. The summed E-state index contributed by atoms with van der Waals surface area (Å²) in [4.78, 5) is 11.2. The largest absolute Gasteiger partial charge is 0.355 e. The van der Waals surface area contributed by atoms with Crippen LogP contribution in [0, 0.1) is 0 Å². The van der Waals surface area contributed by atoms with Gasteiger partial charge in [0.05, 0.1) is 0 Å². The Hall–Kier alpha value is -1.57. The third-order valence-corrected chi connectivity index (χ3v) is 1.69. The van der Waals surface area contributed by atoms with E-state index in [-0.39, 0.29) is 7.33 Å². The van der Waals surface area contributed by atoms with E-state index >= 15 is 0 Å². The van der Waals surface area contributed by atoms with Gasteiger partial charge in [-0.25, -0.2) is 0 Å². The Labute approximate surface area is 87.2 Å². The fourth-order valence-electron chi connectivity index (χ4n) is 0.907. The van der Waals surface area contributed by atoms with Gasteiger partial charge in [-0.2, -0.15) is 0 Å². The van der Waals surface area contributed by atoms with E-state index in [0.717, 1.165) is 11.1 Å². The number of likely N-dealkylation sites (N-methyl/N-ethyl adjacent to an activating group) is 1. The van der Waals surface area contributed by atoms with E-state index in [0.29, 0.717) is 5.57 Å². The number of amides is 1. The normalized spacial score (nSPS) is 11.5. The summed E-state index contributed by atoms with van der Waals surface area (Å²) in [5.41, 5.74) is 2.26. The van der Waals surface area contributed by atoms with E-state index in [2.05, 4.69) is 18.5 Å². The van der Waals surface area contributed by atoms with Crippen LogP contribution in [-0.4, -0.2) is 13.0 Å². The highest BCUT2D eigenvalue weighted by Gasteiger charge is 2.02. The van der Waals surface area contributed by atoms with Gasteiger partial charge < -0.3 is 5.32 Å². The standard InChI is InChI=1S/C12H17NO.H2/c1-6-7-11(9(2)3)8-10(4)12(14)13-5;/h6-8H,2,4H2,1,3,5H3,(H,13,14);1H/b7-6-,11-8+;. The third kappa shape index (κ3) is 3.90. The van der Waals surface area contributed by atoms with E-state index in [4.69, 9.17) is 0 Å². The zero-order chi connectivity index (χ0) is 11.1. The number of carbonyl (C=O) groups is 1. The van der Waals surface area contributed by atoms with E-state index < -0.39 is 0 Å². The first-order valence-corrected chi connectivity index (χ1v) is 4.44. The van der Waals surface area contributed by atoms with Crippen molar-refractivity contribution in [2.45, 2.75) is 13.8 Å². The highest BCUT2D eigenvalue weighted by molar-refractivity contribution is 5.95. The van der Waals surface area contributed by atoms with E-state index in [1.54, 1.807) is 13.1 Å². The fraction of sp³-hybridized carbons (Fsp3) is 0.250. The zero-order valence-electron chi connectivity index (χ0n) is 9.05. The van der Waals surface area contributed by atoms with Crippen molar-refractivity contribution in [3.8, 4) is 0 Å². The molecule has 0 fully saturated rings. The van der Waals surface area contributed by atoms with Gasteiger partial charge in [0.2, 0.25) is 5.91 Å². The van der Waals surface area contributed by atoms with Crippen LogP contribution in [0.15, 0.2) is 48.1 Å². The maximum atomic E-state index is 11.2. The molecular weight excluding hydrogens is 174 g/mol. The van der Waals surface area contributed by atoms with Crippen molar-refractivity contribution in [1.82, 2.24) is 5.32 Å². The molecule has 1 amide bonds. The molecule has 0 aromatic heterocycles. The second kappa shape index (κ2) is 5.97. The summed E-state index contributed by atoms with van der Waals surface area (Å²) in [6.45, 7) is 11.3. The molecule has 0 aliphatic rings. The second-order valence-corrected chi connectivity index (χ2v) is 2.98. The molecule has 0 bridgehead atoms. The SMILES string of the molecule is C=C(/C=C(\C=C/C)C(=C)C)C(=O)NC.[HH]. The minimum absolute atomic E-state index is 0. The Morgan fingerprint density at radius 1 is 1.43 bits per heavy atom. The highest BCUT2D eigenvalue weighted by Crippen LogP contribution is 2.11. The number of hydrogen-bond donors (Lipinski definition) is 1. The molecule has 0 heterocycles. The Kier molecular flexibility index (Phi) is 5.30. The molecule has 0 aliphatic heterocycles. The minimum atomic E-state index is -0.173. The van der Waals surface area contributed by atoms with E-state index in [1.807, 2.05) is 26.0 Å². The molecule has 1 N–H and O–H groups in total. The summed E-state index contributed by atoms with van der Waals surface area (Å²) in [5, 5.41) is 2.51. The van der Waals surface area contributed by atoms with Crippen molar-refractivity contribution in [3.63, 3.8) is 0 Å².